The van der Waals surface area contributed by atoms with Crippen molar-refractivity contribution in [3.05, 3.63) is 36.2 Å². The lowest BCUT2D eigenvalue weighted by molar-refractivity contribution is 0.210. The number of hydrogen-bond acceptors (Lipinski definition) is 8. The van der Waals surface area contributed by atoms with Gasteiger partial charge in [-0.25, -0.2) is 15.0 Å². The lowest BCUT2D eigenvalue weighted by Crippen LogP contribution is -2.22. The first-order valence-corrected chi connectivity index (χ1v) is 10.5. The van der Waals surface area contributed by atoms with Crippen LogP contribution in [0.3, 0.4) is 0 Å². The SMILES string of the molecule is CC1NN=CC1c1ccc2nc(Nc3cc(OC4CCCC4)ccn3)sc2n1. The zero-order valence-electron chi connectivity index (χ0n) is 15.6. The maximum absolute atomic E-state index is 6.07. The number of hydrogen-bond donors (Lipinski definition) is 2. The quantitative estimate of drug-likeness (QED) is 0.674. The number of rotatable bonds is 5. The van der Waals surface area contributed by atoms with E-state index in [-0.39, 0.29) is 12.0 Å². The number of ether oxygens (including phenoxy) is 1. The fraction of sp³-hybridized carbons (Fsp3) is 0.400. The molecule has 8 heteroatoms. The summed E-state index contributed by atoms with van der Waals surface area (Å²) in [5.74, 6) is 1.78. The average molecular weight is 395 g/mol. The zero-order valence-corrected chi connectivity index (χ0v) is 16.4. The second kappa shape index (κ2) is 7.35. The molecule has 2 atom stereocenters. The van der Waals surface area contributed by atoms with Crippen molar-refractivity contribution in [2.75, 3.05) is 5.32 Å². The van der Waals surface area contributed by atoms with E-state index < -0.39 is 0 Å². The monoisotopic (exact) mass is 394 g/mol. The first kappa shape index (κ1) is 17.4. The van der Waals surface area contributed by atoms with E-state index in [2.05, 4.69) is 32.7 Å². The number of nitrogens with one attached hydrogen (secondary N) is 2. The molecule has 1 aliphatic heterocycles. The molecule has 0 amide bonds. The van der Waals surface area contributed by atoms with Crippen LogP contribution in [0.1, 0.15) is 44.2 Å². The molecule has 0 aromatic carbocycles. The number of thiazole rings is 1. The van der Waals surface area contributed by atoms with Gasteiger partial charge in [0.1, 0.15) is 21.9 Å². The van der Waals surface area contributed by atoms with E-state index >= 15 is 0 Å². The Hall–Kier alpha value is -2.74. The largest absolute Gasteiger partial charge is 0.490 e. The Kier molecular flexibility index (Phi) is 4.56. The molecule has 0 bridgehead atoms. The summed E-state index contributed by atoms with van der Waals surface area (Å²) in [7, 11) is 0. The number of anilines is 2. The third-order valence-corrected chi connectivity index (χ3v) is 6.12. The molecule has 2 N–H and O–H groups in total. The molecule has 28 heavy (non-hydrogen) atoms. The average Bonchev–Trinajstić information content (AvgIpc) is 3.42. The summed E-state index contributed by atoms with van der Waals surface area (Å²) in [6, 6.07) is 8.15. The third-order valence-electron chi connectivity index (χ3n) is 5.24. The molecule has 2 unspecified atom stereocenters. The molecule has 3 aromatic rings. The standard InChI is InChI=1S/C20H22N6OS/c1-12-15(11-22-26-12)16-6-7-17-19(23-16)28-20(24-17)25-18-10-14(8-9-21-18)27-13-4-2-3-5-13/h6-13,15,26H,2-5H2,1H3,(H,21,24,25). The Morgan fingerprint density at radius 2 is 2.07 bits per heavy atom. The predicted molar refractivity (Wildman–Crippen MR) is 112 cm³/mol. The van der Waals surface area contributed by atoms with E-state index in [9.17, 15) is 0 Å². The van der Waals surface area contributed by atoms with E-state index in [4.69, 9.17) is 9.72 Å². The molecule has 5 rings (SSSR count). The minimum Gasteiger partial charge on any atom is -0.490 e. The number of pyridine rings is 2. The number of aromatic nitrogens is 3. The first-order chi connectivity index (χ1) is 13.7. The van der Waals surface area contributed by atoms with Crippen LogP contribution in [0.15, 0.2) is 35.6 Å². The lowest BCUT2D eigenvalue weighted by atomic mass is 10.00. The molecule has 7 nitrogen and oxygen atoms in total. The maximum atomic E-state index is 6.07. The minimum absolute atomic E-state index is 0.189. The molecule has 0 saturated heterocycles. The summed E-state index contributed by atoms with van der Waals surface area (Å²) in [4.78, 5) is 14.7. The smallest absolute Gasteiger partial charge is 0.190 e. The highest BCUT2D eigenvalue weighted by molar-refractivity contribution is 7.21. The van der Waals surface area contributed by atoms with Gasteiger partial charge in [-0.2, -0.15) is 5.10 Å². The Balaban J connectivity index is 1.34. The van der Waals surface area contributed by atoms with Crippen molar-refractivity contribution in [3.63, 3.8) is 0 Å². The van der Waals surface area contributed by atoms with Crippen LogP contribution in [0, 0.1) is 0 Å². The van der Waals surface area contributed by atoms with Crippen molar-refractivity contribution in [1.29, 1.82) is 0 Å². The molecule has 1 aliphatic carbocycles. The molecule has 0 spiro atoms. The molecule has 0 radical (unpaired) electrons. The highest BCUT2D eigenvalue weighted by atomic mass is 32.1. The fourth-order valence-corrected chi connectivity index (χ4v) is 4.57. The minimum atomic E-state index is 0.189. The van der Waals surface area contributed by atoms with Crippen molar-refractivity contribution < 1.29 is 4.74 Å². The molecule has 144 valence electrons. The van der Waals surface area contributed by atoms with Crippen LogP contribution in [0.25, 0.3) is 10.3 Å². The van der Waals surface area contributed by atoms with Crippen molar-refractivity contribution >= 4 is 38.8 Å². The van der Waals surface area contributed by atoms with Crippen LogP contribution in [0.5, 0.6) is 5.75 Å². The fourth-order valence-electron chi connectivity index (χ4n) is 3.71. The highest BCUT2D eigenvalue weighted by Crippen LogP contribution is 2.30. The molecule has 2 aliphatic rings. The van der Waals surface area contributed by atoms with Gasteiger partial charge in [-0.1, -0.05) is 11.3 Å². The van der Waals surface area contributed by atoms with Crippen molar-refractivity contribution in [3.8, 4) is 5.75 Å². The molecule has 1 saturated carbocycles. The van der Waals surface area contributed by atoms with Crippen LogP contribution in [-0.4, -0.2) is 33.3 Å². The van der Waals surface area contributed by atoms with Crippen LogP contribution >= 0.6 is 11.3 Å². The summed E-state index contributed by atoms with van der Waals surface area (Å²) in [5.41, 5.74) is 4.96. The van der Waals surface area contributed by atoms with E-state index in [1.807, 2.05) is 30.5 Å². The van der Waals surface area contributed by atoms with Gasteiger partial charge in [-0.05, 0) is 50.8 Å². The summed E-state index contributed by atoms with van der Waals surface area (Å²) in [6.07, 6.45) is 8.79. The van der Waals surface area contributed by atoms with Gasteiger partial charge in [0.25, 0.3) is 0 Å². The number of hydrazone groups is 1. The molecule has 3 aromatic heterocycles. The van der Waals surface area contributed by atoms with E-state index in [0.29, 0.717) is 6.10 Å². The van der Waals surface area contributed by atoms with Gasteiger partial charge in [0.05, 0.1) is 23.8 Å². The Morgan fingerprint density at radius 3 is 2.89 bits per heavy atom. The Labute approximate surface area is 167 Å². The lowest BCUT2D eigenvalue weighted by Gasteiger charge is -2.13. The van der Waals surface area contributed by atoms with Crippen LogP contribution in [0.2, 0.25) is 0 Å². The second-order valence-electron chi connectivity index (χ2n) is 7.33. The maximum Gasteiger partial charge on any atom is 0.190 e. The molecular formula is C20H22N6OS. The van der Waals surface area contributed by atoms with Gasteiger partial charge in [0.15, 0.2) is 5.13 Å². The summed E-state index contributed by atoms with van der Waals surface area (Å²) in [6.45, 7) is 2.11. The topological polar surface area (TPSA) is 84.3 Å². The van der Waals surface area contributed by atoms with Gasteiger partial charge in [0.2, 0.25) is 0 Å². The van der Waals surface area contributed by atoms with Gasteiger partial charge < -0.3 is 15.5 Å². The molecular weight excluding hydrogens is 372 g/mol. The van der Waals surface area contributed by atoms with Crippen molar-refractivity contribution in [2.45, 2.75) is 50.7 Å². The van der Waals surface area contributed by atoms with Crippen molar-refractivity contribution in [2.24, 2.45) is 5.10 Å². The van der Waals surface area contributed by atoms with Gasteiger partial charge in [-0.3, -0.25) is 0 Å². The van der Waals surface area contributed by atoms with Crippen LogP contribution in [0.4, 0.5) is 10.9 Å². The Morgan fingerprint density at radius 1 is 1.18 bits per heavy atom. The van der Waals surface area contributed by atoms with Gasteiger partial charge in [-0.15, -0.1) is 0 Å². The van der Waals surface area contributed by atoms with E-state index in [0.717, 1.165) is 45.6 Å². The highest BCUT2D eigenvalue weighted by Gasteiger charge is 2.23. The molecule has 1 fully saturated rings. The second-order valence-corrected chi connectivity index (χ2v) is 8.30. The zero-order chi connectivity index (χ0) is 18.9. The van der Waals surface area contributed by atoms with Crippen LogP contribution in [-0.2, 0) is 0 Å². The normalized spacial score (nSPS) is 21.9. The van der Waals surface area contributed by atoms with E-state index in [1.54, 1.807) is 6.20 Å². The summed E-state index contributed by atoms with van der Waals surface area (Å²) in [5, 5.41) is 8.22. The first-order valence-electron chi connectivity index (χ1n) is 9.70. The van der Waals surface area contributed by atoms with Gasteiger partial charge in [0, 0.05) is 18.5 Å². The number of fused-ring (bicyclic) bond motifs is 1. The van der Waals surface area contributed by atoms with E-state index in [1.165, 1.54) is 24.2 Å². The summed E-state index contributed by atoms with van der Waals surface area (Å²) >= 11 is 1.53. The summed E-state index contributed by atoms with van der Waals surface area (Å²) < 4.78 is 6.07. The van der Waals surface area contributed by atoms with Crippen LogP contribution < -0.4 is 15.5 Å². The number of nitrogens with zero attached hydrogens (tertiary/aromatic N) is 4. The third kappa shape index (κ3) is 3.52. The van der Waals surface area contributed by atoms with Gasteiger partial charge >= 0.3 is 0 Å². The van der Waals surface area contributed by atoms with Crippen molar-refractivity contribution in [1.82, 2.24) is 20.4 Å². The molecule has 4 heterocycles. The Bertz CT molecular complexity index is 1010. The predicted octanol–water partition coefficient (Wildman–Crippen LogP) is 4.21.